The maximum absolute atomic E-state index is 12.5. The first kappa shape index (κ1) is 18.4. The van der Waals surface area contributed by atoms with Gasteiger partial charge in [-0.05, 0) is 18.2 Å². The second-order valence-corrected chi connectivity index (χ2v) is 7.16. The van der Waals surface area contributed by atoms with E-state index < -0.39 is 0 Å². The molecule has 1 N–H and O–H groups in total. The Morgan fingerprint density at radius 1 is 1.25 bits per heavy atom. The van der Waals surface area contributed by atoms with Crippen LogP contribution in [-0.4, -0.2) is 51.9 Å². The van der Waals surface area contributed by atoms with Crippen LogP contribution in [0, 0.1) is 0 Å². The number of imidazole rings is 1. The van der Waals surface area contributed by atoms with Crippen molar-refractivity contribution < 1.29 is 14.1 Å². The first-order valence-electron chi connectivity index (χ1n) is 9.43. The average Bonchev–Trinajstić information content (AvgIpc) is 3.31. The van der Waals surface area contributed by atoms with Crippen LogP contribution in [0.3, 0.4) is 0 Å². The van der Waals surface area contributed by atoms with Gasteiger partial charge in [0.2, 0.25) is 11.8 Å². The van der Waals surface area contributed by atoms with Crippen LogP contribution in [0.1, 0.15) is 41.8 Å². The number of carbonyl (C=O) groups is 1. The fourth-order valence-electron chi connectivity index (χ4n) is 3.21. The van der Waals surface area contributed by atoms with Crippen LogP contribution in [0.15, 0.2) is 22.7 Å². The molecule has 2 aromatic heterocycles. The van der Waals surface area contributed by atoms with Gasteiger partial charge < -0.3 is 24.0 Å². The van der Waals surface area contributed by atoms with Crippen LogP contribution in [0.2, 0.25) is 0 Å². The van der Waals surface area contributed by atoms with E-state index in [1.165, 1.54) is 0 Å². The highest BCUT2D eigenvalue weighted by Gasteiger charge is 2.19. The van der Waals surface area contributed by atoms with E-state index in [-0.39, 0.29) is 18.4 Å². The number of rotatable bonds is 5. The molecule has 0 atom stereocenters. The first-order valence-corrected chi connectivity index (χ1v) is 9.43. The number of hydrogen-bond acceptors (Lipinski definition) is 7. The van der Waals surface area contributed by atoms with Crippen LogP contribution in [-0.2, 0) is 18.3 Å². The summed E-state index contributed by atoms with van der Waals surface area (Å²) in [7, 11) is 1.99. The summed E-state index contributed by atoms with van der Waals surface area (Å²) in [5, 5.41) is 6.72. The molecule has 1 saturated heterocycles. The van der Waals surface area contributed by atoms with E-state index in [1.807, 2.05) is 33.0 Å². The molecule has 1 aromatic carbocycles. The third-order valence-electron chi connectivity index (χ3n) is 4.80. The number of hydrogen-bond donors (Lipinski definition) is 1. The topological polar surface area (TPSA) is 98.3 Å². The zero-order valence-corrected chi connectivity index (χ0v) is 16.3. The maximum atomic E-state index is 12.5. The van der Waals surface area contributed by atoms with E-state index in [9.17, 15) is 4.79 Å². The molecule has 28 heavy (non-hydrogen) atoms. The molecule has 1 amide bonds. The number of morpholine rings is 1. The van der Waals surface area contributed by atoms with Gasteiger partial charge in [0.25, 0.3) is 5.91 Å². The number of aromatic nitrogens is 4. The number of nitrogens with one attached hydrogen (secondary N) is 1. The minimum Gasteiger partial charge on any atom is -0.378 e. The zero-order chi connectivity index (χ0) is 19.7. The molecule has 9 heteroatoms. The Balaban J connectivity index is 1.49. The van der Waals surface area contributed by atoms with Crippen molar-refractivity contribution >= 4 is 22.9 Å². The van der Waals surface area contributed by atoms with Gasteiger partial charge >= 0.3 is 0 Å². The molecule has 3 aromatic rings. The van der Waals surface area contributed by atoms with E-state index in [1.54, 1.807) is 6.07 Å². The van der Waals surface area contributed by atoms with Crippen molar-refractivity contribution in [1.29, 1.82) is 0 Å². The number of amides is 1. The second kappa shape index (κ2) is 7.59. The predicted molar refractivity (Wildman–Crippen MR) is 103 cm³/mol. The van der Waals surface area contributed by atoms with E-state index in [0.29, 0.717) is 30.5 Å². The van der Waals surface area contributed by atoms with Crippen molar-refractivity contribution in [1.82, 2.24) is 25.0 Å². The highest BCUT2D eigenvalue weighted by Crippen LogP contribution is 2.23. The van der Waals surface area contributed by atoms with Crippen LogP contribution in [0.4, 0.5) is 5.95 Å². The SMILES string of the molecule is CC(C)c1nc(CNC(=O)c2ccc3c(c2)nc(N2CCOCC2)n3C)no1. The number of carbonyl (C=O) groups excluding carboxylic acids is 1. The molecule has 9 nitrogen and oxygen atoms in total. The average molecular weight is 384 g/mol. The third kappa shape index (κ3) is 3.57. The smallest absolute Gasteiger partial charge is 0.251 e. The number of fused-ring (bicyclic) bond motifs is 1. The molecule has 0 unspecified atom stereocenters. The van der Waals surface area contributed by atoms with Crippen LogP contribution in [0.5, 0.6) is 0 Å². The molecule has 1 aliphatic rings. The van der Waals surface area contributed by atoms with Crippen molar-refractivity contribution in [3.05, 3.63) is 35.5 Å². The Bertz CT molecular complexity index is 987. The molecule has 4 rings (SSSR count). The molecule has 0 spiro atoms. The van der Waals surface area contributed by atoms with Crippen LogP contribution >= 0.6 is 0 Å². The predicted octanol–water partition coefficient (Wildman–Crippen LogP) is 1.85. The van der Waals surface area contributed by atoms with Crippen molar-refractivity contribution in [3.8, 4) is 0 Å². The van der Waals surface area contributed by atoms with Gasteiger partial charge in [-0.1, -0.05) is 19.0 Å². The van der Waals surface area contributed by atoms with Gasteiger partial charge in [-0.15, -0.1) is 0 Å². The molecule has 0 aliphatic carbocycles. The van der Waals surface area contributed by atoms with E-state index in [2.05, 4.69) is 24.9 Å². The molecule has 1 fully saturated rings. The number of ether oxygens (including phenoxy) is 1. The maximum Gasteiger partial charge on any atom is 0.251 e. The standard InChI is InChI=1S/C19H24N6O3/c1-12(2)18-22-16(23-28-18)11-20-17(26)13-4-5-15-14(10-13)21-19(24(15)3)25-6-8-27-9-7-25/h4-5,10,12H,6-9,11H2,1-3H3,(H,20,26). The van der Waals surface area contributed by atoms with Gasteiger partial charge in [0, 0.05) is 31.6 Å². The van der Waals surface area contributed by atoms with Gasteiger partial charge in [0.15, 0.2) is 5.82 Å². The lowest BCUT2D eigenvalue weighted by atomic mass is 10.2. The fraction of sp³-hybridized carbons (Fsp3) is 0.474. The highest BCUT2D eigenvalue weighted by molar-refractivity contribution is 5.97. The van der Waals surface area contributed by atoms with Crippen molar-refractivity contribution in [2.45, 2.75) is 26.3 Å². The Hall–Kier alpha value is -2.94. The van der Waals surface area contributed by atoms with Gasteiger partial charge in [-0.2, -0.15) is 4.98 Å². The molecule has 0 radical (unpaired) electrons. The lowest BCUT2D eigenvalue weighted by molar-refractivity contribution is 0.0949. The van der Waals surface area contributed by atoms with Crippen molar-refractivity contribution in [2.24, 2.45) is 7.05 Å². The number of aryl methyl sites for hydroxylation is 1. The summed E-state index contributed by atoms with van der Waals surface area (Å²) >= 11 is 0. The van der Waals surface area contributed by atoms with E-state index in [0.717, 1.165) is 30.1 Å². The lowest BCUT2D eigenvalue weighted by Gasteiger charge is -2.27. The van der Waals surface area contributed by atoms with Gasteiger partial charge in [-0.25, -0.2) is 4.98 Å². The number of anilines is 1. The van der Waals surface area contributed by atoms with Gasteiger partial charge in [0.05, 0.1) is 30.8 Å². The third-order valence-corrected chi connectivity index (χ3v) is 4.80. The number of benzene rings is 1. The van der Waals surface area contributed by atoms with Crippen LogP contribution in [0.25, 0.3) is 11.0 Å². The molecular weight excluding hydrogens is 360 g/mol. The lowest BCUT2D eigenvalue weighted by Crippen LogP contribution is -2.37. The van der Waals surface area contributed by atoms with Crippen LogP contribution < -0.4 is 10.2 Å². The Labute approximate surface area is 162 Å². The van der Waals surface area contributed by atoms with Gasteiger partial charge in [0.1, 0.15) is 0 Å². The van der Waals surface area contributed by atoms with Crippen molar-refractivity contribution in [3.63, 3.8) is 0 Å². The monoisotopic (exact) mass is 384 g/mol. The number of nitrogens with zero attached hydrogens (tertiary/aromatic N) is 5. The summed E-state index contributed by atoms with van der Waals surface area (Å²) in [6, 6.07) is 5.54. The summed E-state index contributed by atoms with van der Waals surface area (Å²) in [6.45, 7) is 7.19. The molecule has 0 bridgehead atoms. The minimum absolute atomic E-state index is 0.157. The Kier molecular flexibility index (Phi) is 4.99. The zero-order valence-electron chi connectivity index (χ0n) is 16.3. The summed E-state index contributed by atoms with van der Waals surface area (Å²) < 4.78 is 12.6. The van der Waals surface area contributed by atoms with E-state index >= 15 is 0 Å². The summed E-state index contributed by atoms with van der Waals surface area (Å²) in [6.07, 6.45) is 0. The van der Waals surface area contributed by atoms with Gasteiger partial charge in [-0.3, -0.25) is 4.79 Å². The van der Waals surface area contributed by atoms with E-state index in [4.69, 9.17) is 14.2 Å². The van der Waals surface area contributed by atoms with Crippen molar-refractivity contribution in [2.75, 3.05) is 31.2 Å². The summed E-state index contributed by atoms with van der Waals surface area (Å²) in [4.78, 5) is 23.7. The summed E-state index contributed by atoms with van der Waals surface area (Å²) in [5.41, 5.74) is 2.32. The molecule has 148 valence electrons. The largest absolute Gasteiger partial charge is 0.378 e. The normalized spacial score (nSPS) is 14.8. The highest BCUT2D eigenvalue weighted by atomic mass is 16.5. The quantitative estimate of drug-likeness (QED) is 0.717. The Morgan fingerprint density at radius 2 is 2.04 bits per heavy atom. The first-order chi connectivity index (χ1) is 13.5. The summed E-state index contributed by atoms with van der Waals surface area (Å²) in [5.74, 6) is 1.88. The second-order valence-electron chi connectivity index (χ2n) is 7.16. The molecule has 3 heterocycles. The Morgan fingerprint density at radius 3 is 2.75 bits per heavy atom. The molecular formula is C19H24N6O3. The fourth-order valence-corrected chi connectivity index (χ4v) is 3.21. The molecule has 1 aliphatic heterocycles. The molecule has 0 saturated carbocycles. The minimum atomic E-state index is -0.198.